The lowest BCUT2D eigenvalue weighted by Crippen LogP contribution is -2.61. The van der Waals surface area contributed by atoms with Gasteiger partial charge in [0.25, 0.3) is 0 Å². The van der Waals surface area contributed by atoms with Crippen LogP contribution in [0.4, 0.5) is 0 Å². The van der Waals surface area contributed by atoms with Crippen LogP contribution in [0.15, 0.2) is 5.38 Å². The van der Waals surface area contributed by atoms with Gasteiger partial charge in [-0.05, 0) is 33.2 Å². The normalized spacial score (nSPS) is 27.3. The Morgan fingerprint density at radius 3 is 2.89 bits per heavy atom. The minimum atomic E-state index is 0.799. The van der Waals surface area contributed by atoms with Crippen LogP contribution in [0.5, 0.6) is 0 Å². The highest BCUT2D eigenvalue weighted by Gasteiger charge is 2.34. The van der Waals surface area contributed by atoms with Crippen LogP contribution in [0.3, 0.4) is 0 Å². The van der Waals surface area contributed by atoms with Gasteiger partial charge in [-0.2, -0.15) is 0 Å². The molecule has 1 aromatic heterocycles. The second-order valence-corrected chi connectivity index (χ2v) is 6.85. The van der Waals surface area contributed by atoms with Gasteiger partial charge < -0.3 is 0 Å². The topological polar surface area (TPSA) is 19.4 Å². The Labute approximate surface area is 114 Å². The summed E-state index contributed by atoms with van der Waals surface area (Å²) in [5.74, 6) is 0. The van der Waals surface area contributed by atoms with E-state index in [0.717, 1.165) is 18.6 Å². The molecule has 100 valence electrons. The van der Waals surface area contributed by atoms with Crippen molar-refractivity contribution in [3.8, 4) is 0 Å². The molecule has 0 amide bonds. The van der Waals surface area contributed by atoms with Gasteiger partial charge in [-0.1, -0.05) is 6.42 Å². The molecule has 0 radical (unpaired) electrons. The molecular weight excluding hydrogens is 242 g/mol. The van der Waals surface area contributed by atoms with Crippen molar-refractivity contribution >= 4 is 11.3 Å². The van der Waals surface area contributed by atoms with Gasteiger partial charge >= 0.3 is 0 Å². The van der Waals surface area contributed by atoms with Crippen LogP contribution in [0, 0.1) is 6.92 Å². The standard InChI is InChI=1S/C14H23N3S/c1-11-5-3-4-6-17(11)14-8-16(9-14)7-13-10-18-12(2)15-13/h10-11,14H,3-9H2,1-2H3. The molecule has 0 aromatic carbocycles. The molecule has 3 rings (SSSR count). The lowest BCUT2D eigenvalue weighted by molar-refractivity contribution is -0.00667. The maximum Gasteiger partial charge on any atom is 0.0897 e. The highest BCUT2D eigenvalue weighted by atomic mass is 32.1. The van der Waals surface area contributed by atoms with Crippen molar-refractivity contribution < 1.29 is 0 Å². The lowest BCUT2D eigenvalue weighted by Gasteiger charge is -2.49. The number of nitrogens with zero attached hydrogens (tertiary/aromatic N) is 3. The first kappa shape index (κ1) is 12.6. The summed E-state index contributed by atoms with van der Waals surface area (Å²) in [6, 6.07) is 1.60. The number of aromatic nitrogens is 1. The molecule has 0 saturated carbocycles. The Hall–Kier alpha value is -0.450. The van der Waals surface area contributed by atoms with Crippen LogP contribution in [-0.2, 0) is 6.54 Å². The van der Waals surface area contributed by atoms with Gasteiger partial charge in [0, 0.05) is 37.1 Å². The first-order chi connectivity index (χ1) is 8.72. The molecule has 0 bridgehead atoms. The molecule has 2 saturated heterocycles. The van der Waals surface area contributed by atoms with Crippen molar-refractivity contribution in [3.05, 3.63) is 16.1 Å². The summed E-state index contributed by atoms with van der Waals surface area (Å²) in [6.07, 6.45) is 4.21. The molecule has 1 aromatic rings. The largest absolute Gasteiger partial charge is 0.295 e. The zero-order valence-corrected chi connectivity index (χ0v) is 12.2. The SMILES string of the molecule is Cc1nc(CN2CC(N3CCCCC3C)C2)cs1. The van der Waals surface area contributed by atoms with E-state index >= 15 is 0 Å². The summed E-state index contributed by atoms with van der Waals surface area (Å²) >= 11 is 1.76. The molecule has 2 aliphatic heterocycles. The van der Waals surface area contributed by atoms with Gasteiger partial charge in [0.2, 0.25) is 0 Å². The maximum atomic E-state index is 4.55. The van der Waals surface area contributed by atoms with E-state index in [1.54, 1.807) is 11.3 Å². The highest BCUT2D eigenvalue weighted by molar-refractivity contribution is 7.09. The first-order valence-corrected chi connectivity index (χ1v) is 7.99. The number of hydrogen-bond donors (Lipinski definition) is 0. The van der Waals surface area contributed by atoms with E-state index in [9.17, 15) is 0 Å². The number of piperidine rings is 1. The molecule has 0 aliphatic carbocycles. The maximum absolute atomic E-state index is 4.55. The Kier molecular flexibility index (Phi) is 3.68. The van der Waals surface area contributed by atoms with Crippen molar-refractivity contribution in [2.24, 2.45) is 0 Å². The molecule has 3 heterocycles. The van der Waals surface area contributed by atoms with E-state index < -0.39 is 0 Å². The summed E-state index contributed by atoms with van der Waals surface area (Å²) in [5, 5.41) is 3.39. The Morgan fingerprint density at radius 1 is 1.39 bits per heavy atom. The average Bonchev–Trinajstić information content (AvgIpc) is 2.70. The third-order valence-electron chi connectivity index (χ3n) is 4.31. The number of hydrogen-bond acceptors (Lipinski definition) is 4. The van der Waals surface area contributed by atoms with E-state index in [-0.39, 0.29) is 0 Å². The molecule has 3 nitrogen and oxygen atoms in total. The molecule has 2 fully saturated rings. The van der Waals surface area contributed by atoms with Crippen LogP contribution in [0.2, 0.25) is 0 Å². The van der Waals surface area contributed by atoms with E-state index in [0.29, 0.717) is 0 Å². The van der Waals surface area contributed by atoms with Gasteiger partial charge in [0.1, 0.15) is 0 Å². The Balaban J connectivity index is 1.48. The van der Waals surface area contributed by atoms with Crippen molar-refractivity contribution in [1.29, 1.82) is 0 Å². The van der Waals surface area contributed by atoms with E-state index in [1.807, 2.05) is 0 Å². The van der Waals surface area contributed by atoms with Crippen LogP contribution in [-0.4, -0.2) is 46.5 Å². The molecule has 1 atom stereocenters. The molecule has 1 unspecified atom stereocenters. The van der Waals surface area contributed by atoms with E-state index in [1.165, 1.54) is 49.6 Å². The molecule has 18 heavy (non-hydrogen) atoms. The Bertz CT molecular complexity index is 397. The number of likely N-dealkylation sites (tertiary alicyclic amines) is 2. The second kappa shape index (κ2) is 5.27. The van der Waals surface area contributed by atoms with Crippen molar-refractivity contribution in [2.45, 2.75) is 51.7 Å². The van der Waals surface area contributed by atoms with Crippen molar-refractivity contribution in [1.82, 2.24) is 14.8 Å². The molecule has 0 N–H and O–H groups in total. The smallest absolute Gasteiger partial charge is 0.0897 e. The van der Waals surface area contributed by atoms with Crippen LogP contribution < -0.4 is 0 Å². The van der Waals surface area contributed by atoms with E-state index in [2.05, 4.69) is 34.0 Å². The zero-order valence-electron chi connectivity index (χ0n) is 11.4. The van der Waals surface area contributed by atoms with Gasteiger partial charge in [0.05, 0.1) is 10.7 Å². The van der Waals surface area contributed by atoms with Gasteiger partial charge in [-0.25, -0.2) is 4.98 Å². The summed E-state index contributed by atoms with van der Waals surface area (Å²) < 4.78 is 0. The molecule has 4 heteroatoms. The fourth-order valence-corrected chi connectivity index (χ4v) is 3.86. The Morgan fingerprint density at radius 2 is 2.22 bits per heavy atom. The lowest BCUT2D eigenvalue weighted by atomic mass is 9.97. The minimum Gasteiger partial charge on any atom is -0.295 e. The summed E-state index contributed by atoms with van der Waals surface area (Å²) in [7, 11) is 0. The number of aryl methyl sites for hydroxylation is 1. The monoisotopic (exact) mass is 265 g/mol. The molecule has 2 aliphatic rings. The molecule has 0 spiro atoms. The summed E-state index contributed by atoms with van der Waals surface area (Å²) in [6.45, 7) is 9.31. The number of thiazole rings is 1. The predicted molar refractivity (Wildman–Crippen MR) is 75.9 cm³/mol. The third kappa shape index (κ3) is 2.60. The minimum absolute atomic E-state index is 0.799. The predicted octanol–water partition coefficient (Wildman–Crippen LogP) is 2.51. The van der Waals surface area contributed by atoms with Crippen LogP contribution >= 0.6 is 11.3 Å². The molecular formula is C14H23N3S. The van der Waals surface area contributed by atoms with Crippen molar-refractivity contribution in [3.63, 3.8) is 0 Å². The fourth-order valence-electron chi connectivity index (χ4n) is 3.25. The third-order valence-corrected chi connectivity index (χ3v) is 5.14. The van der Waals surface area contributed by atoms with Crippen molar-refractivity contribution in [2.75, 3.05) is 19.6 Å². The average molecular weight is 265 g/mol. The first-order valence-electron chi connectivity index (χ1n) is 7.11. The van der Waals surface area contributed by atoms with Gasteiger partial charge in [-0.3, -0.25) is 9.80 Å². The van der Waals surface area contributed by atoms with Gasteiger partial charge in [0.15, 0.2) is 0 Å². The quantitative estimate of drug-likeness (QED) is 0.837. The summed E-state index contributed by atoms with van der Waals surface area (Å²) in [5.41, 5.74) is 1.25. The second-order valence-electron chi connectivity index (χ2n) is 5.79. The highest BCUT2D eigenvalue weighted by Crippen LogP contribution is 2.25. The van der Waals surface area contributed by atoms with Crippen LogP contribution in [0.25, 0.3) is 0 Å². The zero-order chi connectivity index (χ0) is 12.5. The van der Waals surface area contributed by atoms with E-state index in [4.69, 9.17) is 0 Å². The van der Waals surface area contributed by atoms with Crippen LogP contribution in [0.1, 0.15) is 36.9 Å². The summed E-state index contributed by atoms with van der Waals surface area (Å²) in [4.78, 5) is 9.80. The fraction of sp³-hybridized carbons (Fsp3) is 0.786. The van der Waals surface area contributed by atoms with Gasteiger partial charge in [-0.15, -0.1) is 11.3 Å². The number of rotatable bonds is 3.